The largest absolute Gasteiger partial charge is 0.469 e. The van der Waals surface area contributed by atoms with Gasteiger partial charge in [-0.15, -0.1) is 0 Å². The third-order valence-corrected chi connectivity index (χ3v) is 3.53. The van der Waals surface area contributed by atoms with Crippen molar-refractivity contribution in [1.82, 2.24) is 0 Å². The first-order valence-electron chi connectivity index (χ1n) is 6.04. The zero-order valence-electron chi connectivity index (χ0n) is 9.71. The zero-order chi connectivity index (χ0) is 11.1. The van der Waals surface area contributed by atoms with Gasteiger partial charge in [-0.2, -0.15) is 0 Å². The summed E-state index contributed by atoms with van der Waals surface area (Å²) in [6, 6.07) is 0. The molecular formula is C12H23NO2. The van der Waals surface area contributed by atoms with Crippen LogP contribution in [0.1, 0.15) is 44.9 Å². The van der Waals surface area contributed by atoms with Crippen LogP contribution >= 0.6 is 0 Å². The first-order chi connectivity index (χ1) is 7.27. The van der Waals surface area contributed by atoms with Crippen LogP contribution < -0.4 is 5.73 Å². The van der Waals surface area contributed by atoms with Crippen molar-refractivity contribution in [3.8, 4) is 0 Å². The number of ether oxygens (including phenoxy) is 1. The number of carbonyl (C=O) groups excluding carboxylic acids is 1. The maximum atomic E-state index is 11.2. The third kappa shape index (κ3) is 4.20. The van der Waals surface area contributed by atoms with Gasteiger partial charge in [-0.3, -0.25) is 4.79 Å². The number of nitrogens with two attached hydrogens (primary N) is 1. The van der Waals surface area contributed by atoms with Crippen molar-refractivity contribution >= 4 is 5.97 Å². The number of carbonyl (C=O) groups is 1. The van der Waals surface area contributed by atoms with E-state index < -0.39 is 0 Å². The lowest BCUT2D eigenvalue weighted by Crippen LogP contribution is -2.26. The normalized spacial score (nSPS) is 20.7. The van der Waals surface area contributed by atoms with Gasteiger partial charge < -0.3 is 10.5 Å². The standard InChI is InChI=1S/C12H23NO2/c1-15-12(14)8-11(9-13)10-6-4-2-3-5-7-10/h10-11H,2-9,13H2,1H3/t11-/m0/s1. The van der Waals surface area contributed by atoms with Crippen LogP contribution in [0.25, 0.3) is 0 Å². The van der Waals surface area contributed by atoms with Crippen molar-refractivity contribution < 1.29 is 9.53 Å². The van der Waals surface area contributed by atoms with Crippen LogP contribution in [0, 0.1) is 11.8 Å². The quantitative estimate of drug-likeness (QED) is 0.574. The molecule has 0 aliphatic heterocycles. The van der Waals surface area contributed by atoms with Crippen LogP contribution in [0.2, 0.25) is 0 Å². The number of esters is 1. The van der Waals surface area contributed by atoms with Crippen LogP contribution in [0.3, 0.4) is 0 Å². The minimum atomic E-state index is -0.116. The molecule has 3 nitrogen and oxygen atoms in total. The fourth-order valence-electron chi connectivity index (χ4n) is 2.52. The number of hydrogen-bond donors (Lipinski definition) is 1. The Hall–Kier alpha value is -0.570. The Kier molecular flexibility index (Phi) is 5.69. The predicted octanol–water partition coefficient (Wildman–Crippen LogP) is 2.09. The van der Waals surface area contributed by atoms with E-state index in [1.165, 1.54) is 45.6 Å². The summed E-state index contributed by atoms with van der Waals surface area (Å²) in [5.41, 5.74) is 5.75. The Morgan fingerprint density at radius 1 is 1.33 bits per heavy atom. The molecule has 3 heteroatoms. The molecule has 0 heterocycles. The maximum Gasteiger partial charge on any atom is 0.305 e. The van der Waals surface area contributed by atoms with E-state index in [4.69, 9.17) is 10.5 Å². The molecule has 0 bridgehead atoms. The van der Waals surface area contributed by atoms with Crippen molar-refractivity contribution in [2.75, 3.05) is 13.7 Å². The summed E-state index contributed by atoms with van der Waals surface area (Å²) in [6.45, 7) is 0.611. The highest BCUT2D eigenvalue weighted by atomic mass is 16.5. The molecule has 0 aromatic heterocycles. The maximum absolute atomic E-state index is 11.2. The molecule has 1 fully saturated rings. The molecule has 1 aliphatic carbocycles. The zero-order valence-corrected chi connectivity index (χ0v) is 9.71. The van der Waals surface area contributed by atoms with E-state index in [0.717, 1.165) is 0 Å². The average molecular weight is 213 g/mol. The van der Waals surface area contributed by atoms with Gasteiger partial charge in [-0.05, 0) is 18.4 Å². The molecular weight excluding hydrogens is 190 g/mol. The lowest BCUT2D eigenvalue weighted by atomic mass is 9.84. The highest BCUT2D eigenvalue weighted by Crippen LogP contribution is 2.30. The number of hydrogen-bond acceptors (Lipinski definition) is 3. The number of methoxy groups -OCH3 is 1. The highest BCUT2D eigenvalue weighted by molar-refractivity contribution is 5.69. The molecule has 0 saturated heterocycles. The molecule has 0 aromatic rings. The van der Waals surface area contributed by atoms with Crippen LogP contribution in [0.4, 0.5) is 0 Å². The smallest absolute Gasteiger partial charge is 0.305 e. The second-order valence-corrected chi connectivity index (χ2v) is 4.53. The Morgan fingerprint density at radius 2 is 1.93 bits per heavy atom. The first kappa shape index (κ1) is 12.5. The summed E-state index contributed by atoms with van der Waals surface area (Å²) in [6.07, 6.45) is 8.23. The molecule has 1 atom stereocenters. The molecule has 0 radical (unpaired) electrons. The molecule has 1 aliphatic rings. The van der Waals surface area contributed by atoms with Gasteiger partial charge >= 0.3 is 5.97 Å². The summed E-state index contributed by atoms with van der Waals surface area (Å²) < 4.78 is 4.71. The van der Waals surface area contributed by atoms with Gasteiger partial charge in [0.05, 0.1) is 7.11 Å². The molecule has 0 amide bonds. The van der Waals surface area contributed by atoms with Crippen molar-refractivity contribution in [1.29, 1.82) is 0 Å². The first-order valence-corrected chi connectivity index (χ1v) is 6.04. The molecule has 1 rings (SSSR count). The Morgan fingerprint density at radius 3 is 2.40 bits per heavy atom. The lowest BCUT2D eigenvalue weighted by Gasteiger charge is -2.23. The van der Waals surface area contributed by atoms with E-state index in [9.17, 15) is 4.79 Å². The van der Waals surface area contributed by atoms with E-state index in [1.54, 1.807) is 0 Å². The van der Waals surface area contributed by atoms with Crippen LogP contribution in [0.15, 0.2) is 0 Å². The van der Waals surface area contributed by atoms with Crippen molar-refractivity contribution in [3.05, 3.63) is 0 Å². The molecule has 15 heavy (non-hydrogen) atoms. The molecule has 0 unspecified atom stereocenters. The fourth-order valence-corrected chi connectivity index (χ4v) is 2.52. The molecule has 2 N–H and O–H groups in total. The topological polar surface area (TPSA) is 52.3 Å². The van der Waals surface area contributed by atoms with Gasteiger partial charge in [0.25, 0.3) is 0 Å². The van der Waals surface area contributed by atoms with Crippen molar-refractivity contribution in [3.63, 3.8) is 0 Å². The van der Waals surface area contributed by atoms with Gasteiger partial charge in [-0.25, -0.2) is 0 Å². The molecule has 1 saturated carbocycles. The molecule has 0 spiro atoms. The summed E-state index contributed by atoms with van der Waals surface area (Å²) in [4.78, 5) is 11.2. The Bertz CT molecular complexity index is 186. The van der Waals surface area contributed by atoms with Gasteiger partial charge in [0.15, 0.2) is 0 Å². The summed E-state index contributed by atoms with van der Waals surface area (Å²) >= 11 is 0. The summed E-state index contributed by atoms with van der Waals surface area (Å²) in [7, 11) is 1.45. The second kappa shape index (κ2) is 6.83. The molecule has 0 aromatic carbocycles. The van der Waals surface area contributed by atoms with E-state index in [0.29, 0.717) is 24.8 Å². The Labute approximate surface area is 92.4 Å². The van der Waals surface area contributed by atoms with Crippen LogP contribution in [-0.4, -0.2) is 19.6 Å². The van der Waals surface area contributed by atoms with Gasteiger partial charge in [0, 0.05) is 6.42 Å². The van der Waals surface area contributed by atoms with Crippen LogP contribution in [-0.2, 0) is 9.53 Å². The van der Waals surface area contributed by atoms with Gasteiger partial charge in [0.1, 0.15) is 0 Å². The minimum absolute atomic E-state index is 0.116. The highest BCUT2D eigenvalue weighted by Gasteiger charge is 2.24. The summed E-state index contributed by atoms with van der Waals surface area (Å²) in [5, 5.41) is 0. The minimum Gasteiger partial charge on any atom is -0.469 e. The van der Waals surface area contributed by atoms with E-state index in [2.05, 4.69) is 0 Å². The summed E-state index contributed by atoms with van der Waals surface area (Å²) in [5.74, 6) is 0.849. The van der Waals surface area contributed by atoms with E-state index >= 15 is 0 Å². The molecule has 88 valence electrons. The lowest BCUT2D eigenvalue weighted by molar-refractivity contribution is -0.142. The van der Waals surface area contributed by atoms with Crippen molar-refractivity contribution in [2.24, 2.45) is 17.6 Å². The SMILES string of the molecule is COC(=O)C[C@@H](CN)C1CCCCCC1. The van der Waals surface area contributed by atoms with E-state index in [1.807, 2.05) is 0 Å². The fraction of sp³-hybridized carbons (Fsp3) is 0.917. The van der Waals surface area contributed by atoms with Gasteiger partial charge in [0.2, 0.25) is 0 Å². The Balaban J connectivity index is 2.44. The second-order valence-electron chi connectivity index (χ2n) is 4.53. The third-order valence-electron chi connectivity index (χ3n) is 3.53. The average Bonchev–Trinajstić information content (AvgIpc) is 2.54. The van der Waals surface area contributed by atoms with Crippen molar-refractivity contribution in [2.45, 2.75) is 44.9 Å². The monoisotopic (exact) mass is 213 g/mol. The van der Waals surface area contributed by atoms with Gasteiger partial charge in [-0.1, -0.05) is 38.5 Å². The van der Waals surface area contributed by atoms with E-state index in [-0.39, 0.29) is 5.97 Å². The number of rotatable bonds is 4. The predicted molar refractivity (Wildman–Crippen MR) is 60.4 cm³/mol. The van der Waals surface area contributed by atoms with Crippen LogP contribution in [0.5, 0.6) is 0 Å².